The summed E-state index contributed by atoms with van der Waals surface area (Å²) in [5.74, 6) is -1.94. The van der Waals surface area contributed by atoms with Crippen molar-refractivity contribution in [3.8, 4) is 0 Å². The molecule has 0 bridgehead atoms. The fourth-order valence-corrected chi connectivity index (χ4v) is 2.09. The number of carbonyl (C=O) groups excluding carboxylic acids is 3. The summed E-state index contributed by atoms with van der Waals surface area (Å²) < 4.78 is 17.7. The highest BCUT2D eigenvalue weighted by atomic mass is 19.1. The number of carbonyl (C=O) groups is 3. The van der Waals surface area contributed by atoms with Crippen molar-refractivity contribution >= 4 is 17.8 Å². The maximum Gasteiger partial charge on any atom is 0.328 e. The minimum Gasteiger partial charge on any atom is -0.467 e. The summed E-state index contributed by atoms with van der Waals surface area (Å²) in [5.41, 5.74) is 0.514. The zero-order chi connectivity index (χ0) is 18.1. The average Bonchev–Trinajstić information content (AvgIpc) is 2.56. The van der Waals surface area contributed by atoms with Gasteiger partial charge in [-0.1, -0.05) is 32.4 Å². The second-order valence-electron chi connectivity index (χ2n) is 5.54. The van der Waals surface area contributed by atoms with Crippen molar-refractivity contribution in [1.29, 1.82) is 0 Å². The molecule has 0 radical (unpaired) electrons. The van der Waals surface area contributed by atoms with Crippen LogP contribution in [0.2, 0.25) is 0 Å². The van der Waals surface area contributed by atoms with E-state index >= 15 is 0 Å². The highest BCUT2D eigenvalue weighted by molar-refractivity contribution is 5.88. The van der Waals surface area contributed by atoms with Crippen LogP contribution in [0.5, 0.6) is 0 Å². The standard InChI is InChI=1S/C17H23FN2O4/c1-4-11(2)16(17(23)24-3)20-15(22)10-19-14(21)9-12-6-5-7-13(18)8-12/h5-8,11,16H,4,9-10H2,1-3H3,(H,19,21)(H,20,22)/t11-,16+/m1/s1. The molecular formula is C17H23FN2O4. The van der Waals surface area contributed by atoms with E-state index in [-0.39, 0.29) is 18.9 Å². The summed E-state index contributed by atoms with van der Waals surface area (Å²) in [6.45, 7) is 3.45. The van der Waals surface area contributed by atoms with Gasteiger partial charge in [0.15, 0.2) is 0 Å². The van der Waals surface area contributed by atoms with Gasteiger partial charge in [-0.15, -0.1) is 0 Å². The molecule has 0 aliphatic rings. The molecule has 0 heterocycles. The van der Waals surface area contributed by atoms with E-state index < -0.39 is 29.6 Å². The quantitative estimate of drug-likeness (QED) is 0.697. The minimum absolute atomic E-state index is 0.0309. The number of nitrogens with one attached hydrogen (secondary N) is 2. The molecule has 1 aromatic carbocycles. The van der Waals surface area contributed by atoms with Gasteiger partial charge in [0.1, 0.15) is 11.9 Å². The van der Waals surface area contributed by atoms with Gasteiger partial charge in [-0.25, -0.2) is 9.18 Å². The van der Waals surface area contributed by atoms with Crippen LogP contribution in [-0.2, 0) is 25.5 Å². The lowest BCUT2D eigenvalue weighted by molar-refractivity contribution is -0.146. The molecule has 0 saturated carbocycles. The van der Waals surface area contributed by atoms with Crippen molar-refractivity contribution in [2.45, 2.75) is 32.7 Å². The second-order valence-corrected chi connectivity index (χ2v) is 5.54. The molecule has 24 heavy (non-hydrogen) atoms. The average molecular weight is 338 g/mol. The van der Waals surface area contributed by atoms with Crippen LogP contribution in [0, 0.1) is 11.7 Å². The van der Waals surface area contributed by atoms with E-state index in [1.54, 1.807) is 6.07 Å². The Morgan fingerprint density at radius 2 is 1.96 bits per heavy atom. The molecule has 0 aliphatic heterocycles. The van der Waals surface area contributed by atoms with Crippen molar-refractivity contribution in [3.05, 3.63) is 35.6 Å². The monoisotopic (exact) mass is 338 g/mol. The van der Waals surface area contributed by atoms with Crippen LogP contribution in [0.15, 0.2) is 24.3 Å². The number of halogens is 1. The number of amides is 2. The Hall–Kier alpha value is -2.44. The first-order valence-electron chi connectivity index (χ1n) is 7.75. The number of methoxy groups -OCH3 is 1. The summed E-state index contributed by atoms with van der Waals surface area (Å²) in [5, 5.41) is 5.00. The number of esters is 1. The van der Waals surface area contributed by atoms with E-state index in [2.05, 4.69) is 15.4 Å². The Labute approximate surface area is 140 Å². The Morgan fingerprint density at radius 3 is 2.54 bits per heavy atom. The van der Waals surface area contributed by atoms with Gasteiger partial charge in [-0.05, 0) is 23.6 Å². The number of hydrogen-bond acceptors (Lipinski definition) is 4. The summed E-state index contributed by atoms with van der Waals surface area (Å²) in [6.07, 6.45) is 0.656. The van der Waals surface area contributed by atoms with Gasteiger partial charge in [-0.2, -0.15) is 0 Å². The van der Waals surface area contributed by atoms with Crippen LogP contribution in [0.1, 0.15) is 25.8 Å². The normalized spacial score (nSPS) is 12.8. The Bertz CT molecular complexity index is 592. The SMILES string of the molecule is CC[C@@H](C)[C@H](NC(=O)CNC(=O)Cc1cccc(F)c1)C(=O)OC. The molecule has 2 amide bonds. The molecular weight excluding hydrogens is 315 g/mol. The first kappa shape index (κ1) is 19.6. The molecule has 0 fully saturated rings. The molecule has 0 saturated heterocycles. The lowest BCUT2D eigenvalue weighted by Crippen LogP contribution is -2.49. The van der Waals surface area contributed by atoms with Crippen molar-refractivity contribution in [2.75, 3.05) is 13.7 Å². The lowest BCUT2D eigenvalue weighted by atomic mass is 9.99. The third-order valence-electron chi connectivity index (χ3n) is 3.68. The van der Waals surface area contributed by atoms with E-state index in [0.717, 1.165) is 0 Å². The minimum atomic E-state index is -0.757. The molecule has 2 N–H and O–H groups in total. The zero-order valence-corrected chi connectivity index (χ0v) is 14.1. The van der Waals surface area contributed by atoms with E-state index in [1.165, 1.54) is 25.3 Å². The topological polar surface area (TPSA) is 84.5 Å². The van der Waals surface area contributed by atoms with E-state index in [0.29, 0.717) is 12.0 Å². The first-order chi connectivity index (χ1) is 11.4. The Kier molecular flexibility index (Phi) is 7.88. The van der Waals surface area contributed by atoms with E-state index in [9.17, 15) is 18.8 Å². The molecule has 0 aliphatic carbocycles. The smallest absolute Gasteiger partial charge is 0.328 e. The van der Waals surface area contributed by atoms with Gasteiger partial charge in [0.25, 0.3) is 0 Å². The Morgan fingerprint density at radius 1 is 1.25 bits per heavy atom. The molecule has 0 aromatic heterocycles. The van der Waals surface area contributed by atoms with Gasteiger partial charge < -0.3 is 15.4 Å². The number of ether oxygens (including phenoxy) is 1. The third kappa shape index (κ3) is 6.36. The van der Waals surface area contributed by atoms with Gasteiger partial charge in [0.2, 0.25) is 11.8 Å². The number of rotatable bonds is 8. The van der Waals surface area contributed by atoms with Crippen LogP contribution in [0.25, 0.3) is 0 Å². The molecule has 6 nitrogen and oxygen atoms in total. The predicted molar refractivity (Wildman–Crippen MR) is 86.5 cm³/mol. The van der Waals surface area contributed by atoms with Crippen molar-refractivity contribution in [2.24, 2.45) is 5.92 Å². The summed E-state index contributed by atoms with van der Waals surface area (Å²) in [7, 11) is 1.25. The number of hydrogen-bond donors (Lipinski definition) is 2. The van der Waals surface area contributed by atoms with Crippen LogP contribution in [-0.4, -0.2) is 37.5 Å². The highest BCUT2D eigenvalue weighted by Crippen LogP contribution is 2.09. The van der Waals surface area contributed by atoms with Gasteiger partial charge >= 0.3 is 5.97 Å². The van der Waals surface area contributed by atoms with Crippen LogP contribution in [0.4, 0.5) is 4.39 Å². The van der Waals surface area contributed by atoms with Gasteiger partial charge in [0, 0.05) is 0 Å². The predicted octanol–water partition coefficient (Wildman–Crippen LogP) is 1.19. The molecule has 1 rings (SSSR count). The van der Waals surface area contributed by atoms with Crippen LogP contribution < -0.4 is 10.6 Å². The molecule has 0 spiro atoms. The van der Waals surface area contributed by atoms with Gasteiger partial charge in [0.05, 0.1) is 20.1 Å². The van der Waals surface area contributed by atoms with E-state index in [4.69, 9.17) is 0 Å². The zero-order valence-electron chi connectivity index (χ0n) is 14.1. The largest absolute Gasteiger partial charge is 0.467 e. The van der Waals surface area contributed by atoms with Crippen molar-refractivity contribution in [1.82, 2.24) is 10.6 Å². The molecule has 7 heteroatoms. The molecule has 1 aromatic rings. The van der Waals surface area contributed by atoms with Gasteiger partial charge in [-0.3, -0.25) is 9.59 Å². The molecule has 132 valence electrons. The fourth-order valence-electron chi connectivity index (χ4n) is 2.09. The van der Waals surface area contributed by atoms with Crippen LogP contribution >= 0.6 is 0 Å². The highest BCUT2D eigenvalue weighted by Gasteiger charge is 2.26. The lowest BCUT2D eigenvalue weighted by Gasteiger charge is -2.21. The Balaban J connectivity index is 2.49. The maximum absolute atomic E-state index is 13.1. The summed E-state index contributed by atoms with van der Waals surface area (Å²) in [6, 6.07) is 4.93. The second kappa shape index (κ2) is 9.64. The summed E-state index contributed by atoms with van der Waals surface area (Å²) >= 11 is 0. The van der Waals surface area contributed by atoms with Crippen molar-refractivity contribution in [3.63, 3.8) is 0 Å². The fraction of sp³-hybridized carbons (Fsp3) is 0.471. The molecule has 2 atom stereocenters. The van der Waals surface area contributed by atoms with Crippen LogP contribution in [0.3, 0.4) is 0 Å². The van der Waals surface area contributed by atoms with Crippen molar-refractivity contribution < 1.29 is 23.5 Å². The maximum atomic E-state index is 13.1. The summed E-state index contributed by atoms with van der Waals surface area (Å²) in [4.78, 5) is 35.4. The third-order valence-corrected chi connectivity index (χ3v) is 3.68. The number of benzene rings is 1. The van der Waals surface area contributed by atoms with E-state index in [1.807, 2.05) is 13.8 Å². The molecule has 0 unspecified atom stereocenters. The first-order valence-corrected chi connectivity index (χ1v) is 7.75.